The maximum Gasteiger partial charge on any atom is 0.322 e. The van der Waals surface area contributed by atoms with Crippen LogP contribution >= 0.6 is 0 Å². The summed E-state index contributed by atoms with van der Waals surface area (Å²) in [5.74, 6) is -0.243. The van der Waals surface area contributed by atoms with Crippen LogP contribution in [0.2, 0.25) is 0 Å². The molecule has 1 aliphatic heterocycles. The number of nitrogens with zero attached hydrogens (tertiary/aromatic N) is 1. The fourth-order valence-corrected chi connectivity index (χ4v) is 2.63. The lowest BCUT2D eigenvalue weighted by Gasteiger charge is -2.23. The Morgan fingerprint density at radius 2 is 1.78 bits per heavy atom. The molecule has 0 aliphatic carbocycles. The van der Waals surface area contributed by atoms with E-state index in [0.29, 0.717) is 12.4 Å². The van der Waals surface area contributed by atoms with Gasteiger partial charge < -0.3 is 10.1 Å². The van der Waals surface area contributed by atoms with Gasteiger partial charge in [0.15, 0.2) is 0 Å². The summed E-state index contributed by atoms with van der Waals surface area (Å²) in [6.07, 6.45) is 3.05. The molecular weight excluding hydrogens is 350 g/mol. The van der Waals surface area contributed by atoms with Gasteiger partial charge >= 0.3 is 18.0 Å². The summed E-state index contributed by atoms with van der Waals surface area (Å²) >= 11 is 0. The first-order valence-corrected chi connectivity index (χ1v) is 8.23. The zero-order chi connectivity index (χ0) is 19.2. The number of amides is 3. The molecule has 0 radical (unpaired) electrons. The minimum Gasteiger partial charge on any atom is -0.489 e. The number of ether oxygens (including phenoxy) is 1. The van der Waals surface area contributed by atoms with Crippen molar-refractivity contribution in [3.8, 4) is 5.75 Å². The number of benzene rings is 2. The number of carbonyl (C=O) groups is 2. The van der Waals surface area contributed by atoms with Gasteiger partial charge in [0, 0.05) is 4.92 Å². The van der Waals surface area contributed by atoms with Crippen molar-refractivity contribution in [1.82, 2.24) is 10.6 Å². The molecule has 1 fully saturated rings. The summed E-state index contributed by atoms with van der Waals surface area (Å²) < 4.78 is 5.69. The summed E-state index contributed by atoms with van der Waals surface area (Å²) in [5, 5.41) is 15.3. The smallest absolute Gasteiger partial charge is 0.322 e. The lowest BCUT2D eigenvalue weighted by Crippen LogP contribution is -2.62. The molecule has 1 saturated heterocycles. The highest BCUT2D eigenvalue weighted by atomic mass is 16.6. The zero-order valence-electron chi connectivity index (χ0n) is 14.2. The first kappa shape index (κ1) is 18.1. The molecule has 0 spiro atoms. The quantitative estimate of drug-likeness (QED) is 0.600. The molecule has 138 valence electrons. The predicted molar refractivity (Wildman–Crippen MR) is 97.5 cm³/mol. The van der Waals surface area contributed by atoms with Crippen LogP contribution in [-0.2, 0) is 11.4 Å². The Kier molecular flexibility index (Phi) is 5.46. The second kappa shape index (κ2) is 8.13. The summed E-state index contributed by atoms with van der Waals surface area (Å²) in [5.41, 5.74) is 1.81. The van der Waals surface area contributed by atoms with Crippen molar-refractivity contribution < 1.29 is 19.2 Å². The molecule has 3 rings (SSSR count). The van der Waals surface area contributed by atoms with E-state index in [2.05, 4.69) is 5.32 Å². The molecular formula is C19H17N3O5. The lowest BCUT2D eigenvalue weighted by atomic mass is 10.0. The predicted octanol–water partition coefficient (Wildman–Crippen LogP) is 2.13. The average Bonchev–Trinajstić information content (AvgIpc) is 2.65. The molecule has 27 heavy (non-hydrogen) atoms. The highest BCUT2D eigenvalue weighted by Gasteiger charge is 2.43. The van der Waals surface area contributed by atoms with E-state index in [1.165, 1.54) is 6.08 Å². The number of carbonyl (C=O) groups excluding carboxylic acids is 2. The van der Waals surface area contributed by atoms with Gasteiger partial charge in [0.05, 0.1) is 0 Å². The van der Waals surface area contributed by atoms with Gasteiger partial charge in [-0.25, -0.2) is 4.79 Å². The highest BCUT2D eigenvalue weighted by Crippen LogP contribution is 2.16. The van der Waals surface area contributed by atoms with Crippen molar-refractivity contribution in [2.45, 2.75) is 18.7 Å². The van der Waals surface area contributed by atoms with Gasteiger partial charge in [-0.05, 0) is 23.3 Å². The number of imide groups is 1. The molecule has 3 amide bonds. The summed E-state index contributed by atoms with van der Waals surface area (Å²) in [6.45, 7) is 0.448. The fraction of sp³-hybridized carbons (Fsp3) is 0.158. The molecule has 8 heteroatoms. The van der Waals surface area contributed by atoms with Crippen LogP contribution in [0.4, 0.5) is 4.79 Å². The van der Waals surface area contributed by atoms with Crippen LogP contribution in [0.5, 0.6) is 5.75 Å². The fourth-order valence-electron chi connectivity index (χ4n) is 2.63. The molecule has 2 atom stereocenters. The minimum atomic E-state index is -1.56. The van der Waals surface area contributed by atoms with Gasteiger partial charge in [-0.1, -0.05) is 54.6 Å². The van der Waals surface area contributed by atoms with Gasteiger partial charge in [0.1, 0.15) is 18.4 Å². The zero-order valence-corrected chi connectivity index (χ0v) is 14.2. The van der Waals surface area contributed by atoms with Crippen LogP contribution in [0, 0.1) is 10.1 Å². The van der Waals surface area contributed by atoms with Crippen LogP contribution in [-0.4, -0.2) is 28.9 Å². The van der Waals surface area contributed by atoms with Crippen LogP contribution in [0.15, 0.2) is 60.7 Å². The summed E-state index contributed by atoms with van der Waals surface area (Å²) in [7, 11) is 0. The number of nitrogens with one attached hydrogen (secondary N) is 2. The van der Waals surface area contributed by atoms with Crippen LogP contribution < -0.4 is 15.4 Å². The van der Waals surface area contributed by atoms with E-state index in [0.717, 1.165) is 11.1 Å². The molecule has 2 aromatic rings. The maximum absolute atomic E-state index is 11.6. The van der Waals surface area contributed by atoms with Gasteiger partial charge in [-0.3, -0.25) is 20.2 Å². The number of hydrogen-bond acceptors (Lipinski definition) is 5. The van der Waals surface area contributed by atoms with Gasteiger partial charge in [0.25, 0.3) is 0 Å². The topological polar surface area (TPSA) is 111 Å². The molecule has 0 bridgehead atoms. The maximum atomic E-state index is 11.6. The molecule has 8 nitrogen and oxygen atoms in total. The van der Waals surface area contributed by atoms with Crippen molar-refractivity contribution in [1.29, 1.82) is 0 Å². The monoisotopic (exact) mass is 367 g/mol. The lowest BCUT2D eigenvalue weighted by molar-refractivity contribution is -0.510. The van der Waals surface area contributed by atoms with Crippen molar-refractivity contribution in [3.05, 3.63) is 81.9 Å². The van der Waals surface area contributed by atoms with E-state index < -0.39 is 28.9 Å². The SMILES string of the molecule is O=C1NC(=O)[C@@H]([N+](=O)[O-])[C@H](/C=C/c2ccc(OCc3ccccc3)cc2)N1. The largest absolute Gasteiger partial charge is 0.489 e. The molecule has 0 saturated carbocycles. The van der Waals surface area contributed by atoms with E-state index in [1.54, 1.807) is 30.3 Å². The number of hydrogen-bond donors (Lipinski definition) is 2. The van der Waals surface area contributed by atoms with Crippen LogP contribution in [0.1, 0.15) is 11.1 Å². The Balaban J connectivity index is 1.63. The van der Waals surface area contributed by atoms with Crippen LogP contribution in [0.25, 0.3) is 6.08 Å². The third kappa shape index (κ3) is 4.69. The van der Waals surface area contributed by atoms with Gasteiger partial charge in [-0.2, -0.15) is 0 Å². The second-order valence-corrected chi connectivity index (χ2v) is 5.92. The Bertz CT molecular complexity index is 865. The highest BCUT2D eigenvalue weighted by molar-refractivity contribution is 6.00. The summed E-state index contributed by atoms with van der Waals surface area (Å²) in [4.78, 5) is 33.4. The Morgan fingerprint density at radius 1 is 1.07 bits per heavy atom. The third-order valence-corrected chi connectivity index (χ3v) is 3.99. The summed E-state index contributed by atoms with van der Waals surface area (Å²) in [6, 6.07) is 13.5. The Labute approximate surface area is 155 Å². The average molecular weight is 367 g/mol. The van der Waals surface area contributed by atoms with Crippen molar-refractivity contribution in [2.75, 3.05) is 0 Å². The van der Waals surface area contributed by atoms with E-state index in [9.17, 15) is 19.7 Å². The first-order chi connectivity index (χ1) is 13.0. The molecule has 0 aromatic heterocycles. The molecule has 1 aliphatic rings. The second-order valence-electron chi connectivity index (χ2n) is 5.92. The molecule has 2 N–H and O–H groups in total. The standard InChI is InChI=1S/C19H17N3O5/c23-18-17(22(25)26)16(20-19(24)21-18)11-8-13-6-9-15(10-7-13)27-12-14-4-2-1-3-5-14/h1-11,16-17H,12H2,(H2,20,21,23,24)/b11-8+/t16-,17-/m0/s1. The minimum absolute atomic E-state index is 0.448. The van der Waals surface area contributed by atoms with Gasteiger partial charge in [0.2, 0.25) is 0 Å². The van der Waals surface area contributed by atoms with Crippen molar-refractivity contribution in [2.24, 2.45) is 0 Å². The van der Waals surface area contributed by atoms with E-state index >= 15 is 0 Å². The Morgan fingerprint density at radius 3 is 2.44 bits per heavy atom. The molecule has 1 heterocycles. The van der Waals surface area contributed by atoms with E-state index in [4.69, 9.17) is 4.74 Å². The molecule has 2 aromatic carbocycles. The molecule has 0 unspecified atom stereocenters. The van der Waals surface area contributed by atoms with Gasteiger partial charge in [-0.15, -0.1) is 0 Å². The van der Waals surface area contributed by atoms with E-state index in [1.807, 2.05) is 35.6 Å². The number of nitro groups is 1. The van der Waals surface area contributed by atoms with Crippen LogP contribution in [0.3, 0.4) is 0 Å². The first-order valence-electron chi connectivity index (χ1n) is 8.23. The number of urea groups is 1. The van der Waals surface area contributed by atoms with Crippen molar-refractivity contribution >= 4 is 18.0 Å². The third-order valence-electron chi connectivity index (χ3n) is 3.99. The Hall–Kier alpha value is -3.68. The normalized spacial score (nSPS) is 19.4. The van der Waals surface area contributed by atoms with E-state index in [-0.39, 0.29) is 0 Å². The number of rotatable bonds is 6. The van der Waals surface area contributed by atoms with Crippen molar-refractivity contribution in [3.63, 3.8) is 0 Å².